The average molecular weight is 209 g/mol. The lowest BCUT2D eigenvalue weighted by atomic mass is 10.1. The van der Waals surface area contributed by atoms with E-state index in [-0.39, 0.29) is 11.5 Å². The lowest BCUT2D eigenvalue weighted by Crippen LogP contribution is -2.37. The van der Waals surface area contributed by atoms with E-state index in [1.54, 1.807) is 11.9 Å². The van der Waals surface area contributed by atoms with Crippen LogP contribution in [0, 0.1) is 17.8 Å². The van der Waals surface area contributed by atoms with Crippen LogP contribution in [-0.2, 0) is 4.74 Å². The Balaban J connectivity index is 2.44. The summed E-state index contributed by atoms with van der Waals surface area (Å²) >= 11 is 0. The molecular formula is C12H19NO2. The molecule has 0 spiro atoms. The van der Waals surface area contributed by atoms with Crippen LogP contribution in [0.5, 0.6) is 0 Å². The second kappa shape index (κ2) is 3.77. The highest BCUT2D eigenvalue weighted by molar-refractivity contribution is 5.68. The van der Waals surface area contributed by atoms with Crippen molar-refractivity contribution in [3.63, 3.8) is 0 Å². The zero-order valence-electron chi connectivity index (χ0n) is 9.96. The molecule has 1 saturated carbocycles. The van der Waals surface area contributed by atoms with Gasteiger partial charge < -0.3 is 9.64 Å². The van der Waals surface area contributed by atoms with Gasteiger partial charge in [-0.25, -0.2) is 4.79 Å². The number of carbonyl (C=O) groups excluding carboxylic acids is 1. The molecule has 3 nitrogen and oxygen atoms in total. The van der Waals surface area contributed by atoms with Crippen LogP contribution in [0.1, 0.15) is 33.6 Å². The number of ether oxygens (including phenoxy) is 1. The first-order valence-corrected chi connectivity index (χ1v) is 5.20. The van der Waals surface area contributed by atoms with Crippen molar-refractivity contribution in [2.75, 3.05) is 13.6 Å². The normalized spacial score (nSPS) is 17.8. The molecule has 3 heteroatoms. The number of amides is 1. The highest BCUT2D eigenvalue weighted by atomic mass is 16.6. The second-order valence-electron chi connectivity index (χ2n) is 5.26. The van der Waals surface area contributed by atoms with E-state index in [0.29, 0.717) is 6.54 Å². The minimum Gasteiger partial charge on any atom is -0.444 e. The number of carbonyl (C=O) groups is 1. The molecule has 0 N–H and O–H groups in total. The highest BCUT2D eigenvalue weighted by Crippen LogP contribution is 2.45. The number of terminal acetylenes is 1. The fourth-order valence-electron chi connectivity index (χ4n) is 1.36. The van der Waals surface area contributed by atoms with E-state index < -0.39 is 5.60 Å². The maximum atomic E-state index is 11.6. The van der Waals surface area contributed by atoms with E-state index in [0.717, 1.165) is 12.8 Å². The summed E-state index contributed by atoms with van der Waals surface area (Å²) in [6.07, 6.45) is 7.13. The van der Waals surface area contributed by atoms with Gasteiger partial charge in [-0.3, -0.25) is 0 Å². The molecule has 0 heterocycles. The molecule has 0 aromatic rings. The van der Waals surface area contributed by atoms with E-state index in [1.807, 2.05) is 20.8 Å². The van der Waals surface area contributed by atoms with Crippen molar-refractivity contribution >= 4 is 6.09 Å². The molecule has 1 aliphatic carbocycles. The molecule has 0 unspecified atom stereocenters. The number of rotatable bonds is 2. The summed E-state index contributed by atoms with van der Waals surface area (Å²) < 4.78 is 5.24. The third-order valence-electron chi connectivity index (χ3n) is 2.40. The molecule has 1 rings (SSSR count). The largest absolute Gasteiger partial charge is 0.444 e. The second-order valence-corrected chi connectivity index (χ2v) is 5.26. The SMILES string of the molecule is C#CC1(CN(C)C(=O)OC(C)(C)C)CC1. The lowest BCUT2D eigenvalue weighted by Gasteiger charge is -2.26. The third-order valence-corrected chi connectivity index (χ3v) is 2.40. The van der Waals surface area contributed by atoms with Gasteiger partial charge in [0.15, 0.2) is 0 Å². The Labute approximate surface area is 91.8 Å². The Morgan fingerprint density at radius 2 is 2.07 bits per heavy atom. The Morgan fingerprint density at radius 1 is 1.53 bits per heavy atom. The van der Waals surface area contributed by atoms with Crippen molar-refractivity contribution in [3.8, 4) is 12.3 Å². The fourth-order valence-corrected chi connectivity index (χ4v) is 1.36. The first-order valence-electron chi connectivity index (χ1n) is 5.20. The topological polar surface area (TPSA) is 29.5 Å². The minimum atomic E-state index is -0.446. The Hall–Kier alpha value is -1.17. The standard InChI is InChI=1S/C12H19NO2/c1-6-12(7-8-12)9-13(5)10(14)15-11(2,3)4/h1H,7-9H2,2-5H3. The summed E-state index contributed by atoms with van der Waals surface area (Å²) in [5.41, 5.74) is -0.524. The molecule has 1 amide bonds. The van der Waals surface area contributed by atoms with Gasteiger partial charge in [-0.1, -0.05) is 5.92 Å². The summed E-state index contributed by atoms with van der Waals surface area (Å²) in [6, 6.07) is 0. The van der Waals surface area contributed by atoms with Gasteiger partial charge in [-0.2, -0.15) is 0 Å². The number of nitrogens with zero attached hydrogens (tertiary/aromatic N) is 1. The molecule has 0 aromatic heterocycles. The van der Waals surface area contributed by atoms with Gasteiger partial charge >= 0.3 is 6.09 Å². The van der Waals surface area contributed by atoms with Crippen molar-refractivity contribution in [3.05, 3.63) is 0 Å². The summed E-state index contributed by atoms with van der Waals surface area (Å²) in [4.78, 5) is 13.2. The van der Waals surface area contributed by atoms with Crippen LogP contribution in [0.15, 0.2) is 0 Å². The lowest BCUT2D eigenvalue weighted by molar-refractivity contribution is 0.0278. The molecule has 0 aromatic carbocycles. The molecule has 15 heavy (non-hydrogen) atoms. The predicted molar refractivity (Wildman–Crippen MR) is 59.4 cm³/mol. The first-order chi connectivity index (χ1) is 6.78. The smallest absolute Gasteiger partial charge is 0.410 e. The molecule has 0 radical (unpaired) electrons. The Morgan fingerprint density at radius 3 is 2.40 bits per heavy atom. The predicted octanol–water partition coefficient (Wildman–Crippen LogP) is 2.27. The number of hydrogen-bond donors (Lipinski definition) is 0. The monoisotopic (exact) mass is 209 g/mol. The van der Waals surface area contributed by atoms with Gasteiger partial charge in [-0.05, 0) is 33.6 Å². The van der Waals surface area contributed by atoms with Crippen LogP contribution in [0.25, 0.3) is 0 Å². The molecule has 84 valence electrons. The van der Waals surface area contributed by atoms with Crippen LogP contribution in [0.3, 0.4) is 0 Å². The third kappa shape index (κ3) is 3.47. The quantitative estimate of drug-likeness (QED) is 0.653. The number of hydrogen-bond acceptors (Lipinski definition) is 2. The molecule has 0 atom stereocenters. The maximum absolute atomic E-state index is 11.6. The van der Waals surface area contributed by atoms with Gasteiger partial charge in [0.25, 0.3) is 0 Å². The van der Waals surface area contributed by atoms with E-state index in [2.05, 4.69) is 5.92 Å². The highest BCUT2D eigenvalue weighted by Gasteiger charge is 2.43. The van der Waals surface area contributed by atoms with Crippen LogP contribution in [0.2, 0.25) is 0 Å². The minimum absolute atomic E-state index is 0.0777. The van der Waals surface area contributed by atoms with Gasteiger partial charge in [0.1, 0.15) is 5.60 Å². The molecule has 0 saturated heterocycles. The van der Waals surface area contributed by atoms with Gasteiger partial charge in [0.05, 0.1) is 0 Å². The van der Waals surface area contributed by atoms with E-state index >= 15 is 0 Å². The molecule has 0 bridgehead atoms. The van der Waals surface area contributed by atoms with Crippen molar-refractivity contribution in [1.82, 2.24) is 4.90 Å². The van der Waals surface area contributed by atoms with Crippen LogP contribution in [-0.4, -0.2) is 30.2 Å². The van der Waals surface area contributed by atoms with Gasteiger partial charge in [0, 0.05) is 19.0 Å². The Kier molecular flexibility index (Phi) is 2.99. The maximum Gasteiger partial charge on any atom is 0.410 e. The zero-order chi connectivity index (χ0) is 11.7. The summed E-state index contributed by atoms with van der Waals surface area (Å²) in [5, 5.41) is 0. The molecule has 0 aliphatic heterocycles. The summed E-state index contributed by atoms with van der Waals surface area (Å²) in [7, 11) is 1.73. The van der Waals surface area contributed by atoms with Crippen molar-refractivity contribution in [2.24, 2.45) is 5.41 Å². The van der Waals surface area contributed by atoms with Gasteiger partial charge in [0.2, 0.25) is 0 Å². The first kappa shape index (κ1) is 11.9. The Bertz CT molecular complexity index is 292. The van der Waals surface area contributed by atoms with E-state index in [4.69, 9.17) is 11.2 Å². The van der Waals surface area contributed by atoms with Crippen LogP contribution < -0.4 is 0 Å². The molecule has 1 aliphatic rings. The van der Waals surface area contributed by atoms with Crippen molar-refractivity contribution < 1.29 is 9.53 Å². The molecular weight excluding hydrogens is 190 g/mol. The molecule has 1 fully saturated rings. The van der Waals surface area contributed by atoms with E-state index in [1.165, 1.54) is 0 Å². The van der Waals surface area contributed by atoms with E-state index in [9.17, 15) is 4.79 Å². The summed E-state index contributed by atoms with van der Waals surface area (Å²) in [5.74, 6) is 2.75. The van der Waals surface area contributed by atoms with Crippen molar-refractivity contribution in [1.29, 1.82) is 0 Å². The van der Waals surface area contributed by atoms with Crippen LogP contribution in [0.4, 0.5) is 4.79 Å². The summed E-state index contributed by atoms with van der Waals surface area (Å²) in [6.45, 7) is 6.16. The zero-order valence-corrected chi connectivity index (χ0v) is 9.96. The van der Waals surface area contributed by atoms with Crippen LogP contribution >= 0.6 is 0 Å². The van der Waals surface area contributed by atoms with Gasteiger partial charge in [-0.15, -0.1) is 6.42 Å². The fraction of sp³-hybridized carbons (Fsp3) is 0.750. The van der Waals surface area contributed by atoms with Crippen molar-refractivity contribution in [2.45, 2.75) is 39.2 Å². The average Bonchev–Trinajstić information content (AvgIpc) is 2.82.